The number of likely N-dealkylation sites (N-methyl/N-ethyl adjacent to an activating group) is 1. The second kappa shape index (κ2) is 9.70. The van der Waals surface area contributed by atoms with Crippen LogP contribution in [0.1, 0.15) is 0 Å². The molecule has 0 saturated carbocycles. The van der Waals surface area contributed by atoms with E-state index in [1.165, 1.54) is 17.0 Å². The molecule has 33 heavy (non-hydrogen) atoms. The van der Waals surface area contributed by atoms with Gasteiger partial charge in [-0.15, -0.1) is 0 Å². The van der Waals surface area contributed by atoms with Crippen LogP contribution in [0.15, 0.2) is 54.7 Å². The molecule has 0 radical (unpaired) electrons. The van der Waals surface area contributed by atoms with E-state index in [9.17, 15) is 19.7 Å². The van der Waals surface area contributed by atoms with Crippen LogP contribution < -0.4 is 10.2 Å². The number of nitro benzene ring substituents is 1. The van der Waals surface area contributed by atoms with Crippen molar-refractivity contribution in [3.05, 3.63) is 64.8 Å². The van der Waals surface area contributed by atoms with Gasteiger partial charge in [0.15, 0.2) is 0 Å². The zero-order chi connectivity index (χ0) is 23.4. The molecule has 1 aromatic heterocycles. The number of carbonyl (C=O) groups is 2. The third-order valence-corrected chi connectivity index (χ3v) is 5.60. The summed E-state index contributed by atoms with van der Waals surface area (Å²) in [5.74, 6) is -0.540. The molecule has 1 saturated heterocycles. The fourth-order valence-electron chi connectivity index (χ4n) is 3.79. The number of amides is 2. The third-order valence-electron chi connectivity index (χ3n) is 5.60. The van der Waals surface area contributed by atoms with Gasteiger partial charge in [0.05, 0.1) is 24.7 Å². The number of morpholine rings is 1. The number of hydrogen-bond acceptors (Lipinski definition) is 6. The lowest BCUT2D eigenvalue weighted by Gasteiger charge is -2.28. The number of rotatable bonds is 7. The van der Waals surface area contributed by atoms with Crippen LogP contribution in [0.3, 0.4) is 0 Å². The molecule has 4 rings (SSSR count). The van der Waals surface area contributed by atoms with E-state index in [0.717, 1.165) is 18.8 Å². The van der Waals surface area contributed by atoms with Crippen molar-refractivity contribution in [1.29, 1.82) is 0 Å². The van der Waals surface area contributed by atoms with E-state index in [4.69, 9.17) is 4.74 Å². The number of nitrogens with one attached hydrogen (secondary N) is 1. The fraction of sp³-hybridized carbons (Fsp3) is 0.304. The van der Waals surface area contributed by atoms with Crippen LogP contribution in [0.5, 0.6) is 0 Å². The summed E-state index contributed by atoms with van der Waals surface area (Å²) < 4.78 is 7.07. The number of anilines is 2. The van der Waals surface area contributed by atoms with Crippen molar-refractivity contribution in [3.63, 3.8) is 0 Å². The molecule has 10 heteroatoms. The summed E-state index contributed by atoms with van der Waals surface area (Å²) >= 11 is 0. The van der Waals surface area contributed by atoms with Crippen LogP contribution in [-0.4, -0.2) is 66.1 Å². The van der Waals surface area contributed by atoms with Crippen LogP contribution in [0.25, 0.3) is 10.9 Å². The smallest absolute Gasteiger partial charge is 0.270 e. The molecule has 3 aromatic rings. The molecule has 2 heterocycles. The quantitative estimate of drug-likeness (QED) is 0.437. The van der Waals surface area contributed by atoms with Gasteiger partial charge in [0.2, 0.25) is 11.8 Å². The lowest BCUT2D eigenvalue weighted by atomic mass is 10.2. The Kier molecular flexibility index (Phi) is 6.55. The van der Waals surface area contributed by atoms with Gasteiger partial charge in [0.1, 0.15) is 6.54 Å². The number of benzene rings is 2. The maximum Gasteiger partial charge on any atom is 0.270 e. The summed E-state index contributed by atoms with van der Waals surface area (Å²) in [6.07, 6.45) is 1.70. The molecule has 0 unspecified atom stereocenters. The van der Waals surface area contributed by atoms with Gasteiger partial charge in [-0.2, -0.15) is 0 Å². The van der Waals surface area contributed by atoms with Crippen LogP contribution >= 0.6 is 0 Å². The Morgan fingerprint density at radius 2 is 1.85 bits per heavy atom. The van der Waals surface area contributed by atoms with Crippen molar-refractivity contribution >= 4 is 39.8 Å². The van der Waals surface area contributed by atoms with Gasteiger partial charge < -0.3 is 24.4 Å². The molecule has 1 aliphatic heterocycles. The number of ether oxygens (including phenoxy) is 1. The van der Waals surface area contributed by atoms with Gasteiger partial charge in [-0.25, -0.2) is 0 Å². The molecule has 2 amide bonds. The SMILES string of the molecule is CN(CC(=O)Nc1ccc(N2CCOCC2)cc1)C(=O)Cn1ccc2cc([N+](=O)[O-])ccc21. The first-order valence-corrected chi connectivity index (χ1v) is 10.6. The highest BCUT2D eigenvalue weighted by Crippen LogP contribution is 2.22. The van der Waals surface area contributed by atoms with E-state index in [0.29, 0.717) is 29.8 Å². The molecule has 0 bridgehead atoms. The highest BCUT2D eigenvalue weighted by molar-refractivity contribution is 5.94. The molecule has 0 aliphatic carbocycles. The van der Waals surface area contributed by atoms with Crippen molar-refractivity contribution in [1.82, 2.24) is 9.47 Å². The minimum atomic E-state index is -0.454. The zero-order valence-corrected chi connectivity index (χ0v) is 18.3. The van der Waals surface area contributed by atoms with Crippen LogP contribution in [0.4, 0.5) is 17.1 Å². The predicted octanol–water partition coefficient (Wildman–Crippen LogP) is 2.48. The van der Waals surface area contributed by atoms with E-state index in [2.05, 4.69) is 10.2 Å². The van der Waals surface area contributed by atoms with Gasteiger partial charge in [-0.05, 0) is 36.4 Å². The van der Waals surface area contributed by atoms with Crippen molar-refractivity contribution < 1.29 is 19.2 Å². The Morgan fingerprint density at radius 1 is 1.12 bits per heavy atom. The molecule has 10 nitrogen and oxygen atoms in total. The highest BCUT2D eigenvalue weighted by atomic mass is 16.6. The molecule has 2 aromatic carbocycles. The second-order valence-corrected chi connectivity index (χ2v) is 7.89. The highest BCUT2D eigenvalue weighted by Gasteiger charge is 2.16. The Labute approximate surface area is 190 Å². The van der Waals surface area contributed by atoms with Gasteiger partial charge >= 0.3 is 0 Å². The summed E-state index contributed by atoms with van der Waals surface area (Å²) in [6, 6.07) is 13.8. The summed E-state index contributed by atoms with van der Waals surface area (Å²) in [5.41, 5.74) is 2.45. The van der Waals surface area contributed by atoms with E-state index >= 15 is 0 Å². The van der Waals surface area contributed by atoms with Gasteiger partial charge in [-0.1, -0.05) is 0 Å². The first kappa shape index (κ1) is 22.3. The van der Waals surface area contributed by atoms with Crippen molar-refractivity contribution in [3.8, 4) is 0 Å². The number of nitrogens with zero attached hydrogens (tertiary/aromatic N) is 4. The van der Waals surface area contributed by atoms with Crippen molar-refractivity contribution in [2.45, 2.75) is 6.54 Å². The lowest BCUT2D eigenvalue weighted by Crippen LogP contribution is -2.37. The number of fused-ring (bicyclic) bond motifs is 1. The zero-order valence-electron chi connectivity index (χ0n) is 18.3. The van der Waals surface area contributed by atoms with E-state index < -0.39 is 4.92 Å². The summed E-state index contributed by atoms with van der Waals surface area (Å²) in [4.78, 5) is 39.1. The van der Waals surface area contributed by atoms with Crippen molar-refractivity contribution in [2.75, 3.05) is 50.1 Å². The lowest BCUT2D eigenvalue weighted by molar-refractivity contribution is -0.384. The molecule has 1 aliphatic rings. The Balaban J connectivity index is 1.31. The largest absolute Gasteiger partial charge is 0.378 e. The minimum Gasteiger partial charge on any atom is -0.378 e. The molecular formula is C23H25N5O5. The number of carbonyl (C=O) groups excluding carboxylic acids is 2. The first-order chi connectivity index (χ1) is 15.9. The maximum absolute atomic E-state index is 12.6. The van der Waals surface area contributed by atoms with Crippen LogP contribution in [0, 0.1) is 10.1 Å². The Bertz CT molecular complexity index is 1170. The molecular weight excluding hydrogens is 426 g/mol. The average molecular weight is 451 g/mol. The maximum atomic E-state index is 12.6. The van der Waals surface area contributed by atoms with Crippen LogP contribution in [-0.2, 0) is 20.9 Å². The van der Waals surface area contributed by atoms with Gasteiger partial charge in [0.25, 0.3) is 5.69 Å². The molecule has 172 valence electrons. The normalized spacial score (nSPS) is 13.7. The molecule has 1 N–H and O–H groups in total. The number of non-ortho nitro benzene ring substituents is 1. The molecule has 0 atom stereocenters. The molecule has 0 spiro atoms. The monoisotopic (exact) mass is 451 g/mol. The second-order valence-electron chi connectivity index (χ2n) is 7.89. The van der Waals surface area contributed by atoms with Crippen LogP contribution in [0.2, 0.25) is 0 Å². The standard InChI is InChI=1S/C23H25N5O5/c1-25(23(30)16-27-9-8-17-14-20(28(31)32)6-7-21(17)27)15-22(29)24-18-2-4-19(5-3-18)26-10-12-33-13-11-26/h2-9,14H,10-13,15-16H2,1H3,(H,24,29). The molecule has 1 fully saturated rings. The van der Waals surface area contributed by atoms with Gasteiger partial charge in [0, 0.05) is 60.7 Å². The Morgan fingerprint density at radius 3 is 2.55 bits per heavy atom. The Hall–Kier alpha value is -3.92. The number of hydrogen-bond donors (Lipinski definition) is 1. The minimum absolute atomic E-state index is 0.00153. The number of nitro groups is 1. The van der Waals surface area contributed by atoms with E-state index in [1.807, 2.05) is 24.3 Å². The summed E-state index contributed by atoms with van der Waals surface area (Å²) in [5, 5.41) is 14.4. The number of aromatic nitrogens is 1. The fourth-order valence-corrected chi connectivity index (χ4v) is 3.79. The topological polar surface area (TPSA) is 110 Å². The van der Waals surface area contributed by atoms with E-state index in [1.54, 1.807) is 29.9 Å². The van der Waals surface area contributed by atoms with Crippen molar-refractivity contribution in [2.24, 2.45) is 0 Å². The van der Waals surface area contributed by atoms with E-state index in [-0.39, 0.29) is 30.6 Å². The summed E-state index contributed by atoms with van der Waals surface area (Å²) in [6.45, 7) is 3.03. The first-order valence-electron chi connectivity index (χ1n) is 10.6. The van der Waals surface area contributed by atoms with Gasteiger partial charge in [-0.3, -0.25) is 19.7 Å². The predicted molar refractivity (Wildman–Crippen MR) is 124 cm³/mol. The third kappa shape index (κ3) is 5.29. The summed E-state index contributed by atoms with van der Waals surface area (Å²) in [7, 11) is 1.57. The average Bonchev–Trinajstić information content (AvgIpc) is 3.22.